The summed E-state index contributed by atoms with van der Waals surface area (Å²) in [6.07, 6.45) is 0. The van der Waals surface area contributed by atoms with E-state index in [4.69, 9.17) is 5.73 Å². The van der Waals surface area contributed by atoms with Gasteiger partial charge in [0.15, 0.2) is 11.6 Å². The summed E-state index contributed by atoms with van der Waals surface area (Å²) in [5.74, 6) is -1.34. The van der Waals surface area contributed by atoms with Crippen molar-refractivity contribution in [1.29, 1.82) is 0 Å². The molecule has 0 radical (unpaired) electrons. The summed E-state index contributed by atoms with van der Waals surface area (Å²) in [5, 5.41) is 0. The van der Waals surface area contributed by atoms with Crippen molar-refractivity contribution in [3.05, 3.63) is 71.3 Å². The van der Waals surface area contributed by atoms with Crippen LogP contribution in [0.1, 0.15) is 30.0 Å². The second kappa shape index (κ2) is 6.15. The third kappa shape index (κ3) is 2.89. The van der Waals surface area contributed by atoms with Crippen LogP contribution >= 0.6 is 0 Å². The number of halogens is 2. The number of rotatable bonds is 3. The molecule has 2 aromatic rings. The normalized spacial score (nSPS) is 23.6. The Kier molecular flexibility index (Phi) is 4.23. The molecule has 1 aliphatic heterocycles. The third-order valence-electron chi connectivity index (χ3n) is 4.59. The van der Waals surface area contributed by atoms with Gasteiger partial charge in [0.25, 0.3) is 0 Å². The van der Waals surface area contributed by atoms with Crippen molar-refractivity contribution in [2.24, 2.45) is 5.73 Å². The maximum absolute atomic E-state index is 13.4. The highest BCUT2D eigenvalue weighted by Crippen LogP contribution is 2.32. The van der Waals surface area contributed by atoms with Gasteiger partial charge in [-0.25, -0.2) is 8.78 Å². The molecule has 1 saturated heterocycles. The topological polar surface area (TPSA) is 29.3 Å². The van der Waals surface area contributed by atoms with E-state index >= 15 is 0 Å². The number of nitrogens with zero attached hydrogens (tertiary/aromatic N) is 1. The summed E-state index contributed by atoms with van der Waals surface area (Å²) < 4.78 is 26.5. The molecule has 1 aliphatic rings. The van der Waals surface area contributed by atoms with Crippen LogP contribution < -0.4 is 5.73 Å². The first-order chi connectivity index (χ1) is 10.6. The van der Waals surface area contributed by atoms with E-state index in [2.05, 4.69) is 17.0 Å². The fourth-order valence-corrected chi connectivity index (χ4v) is 3.21. The Labute approximate surface area is 129 Å². The Balaban J connectivity index is 1.77. The van der Waals surface area contributed by atoms with Gasteiger partial charge >= 0.3 is 0 Å². The van der Waals surface area contributed by atoms with Gasteiger partial charge in [0, 0.05) is 31.1 Å². The zero-order chi connectivity index (χ0) is 15.7. The van der Waals surface area contributed by atoms with Crippen molar-refractivity contribution < 1.29 is 8.78 Å². The molecule has 1 unspecified atom stereocenters. The monoisotopic (exact) mass is 302 g/mol. The molecular weight excluding hydrogens is 282 g/mol. The predicted molar refractivity (Wildman–Crippen MR) is 83.5 cm³/mol. The number of benzene rings is 2. The molecule has 0 amide bonds. The van der Waals surface area contributed by atoms with Gasteiger partial charge in [0.1, 0.15) is 0 Å². The van der Waals surface area contributed by atoms with Crippen LogP contribution in [0.5, 0.6) is 0 Å². The third-order valence-corrected chi connectivity index (χ3v) is 4.59. The summed E-state index contributed by atoms with van der Waals surface area (Å²) in [6.45, 7) is 3.58. The summed E-state index contributed by atoms with van der Waals surface area (Å²) in [5.41, 5.74) is 8.30. The highest BCUT2D eigenvalue weighted by atomic mass is 19.2. The fraction of sp³-hybridized carbons (Fsp3) is 0.333. The van der Waals surface area contributed by atoms with E-state index in [0.29, 0.717) is 0 Å². The quantitative estimate of drug-likeness (QED) is 0.941. The van der Waals surface area contributed by atoms with Crippen molar-refractivity contribution in [2.45, 2.75) is 24.9 Å². The Morgan fingerprint density at radius 3 is 2.45 bits per heavy atom. The molecule has 1 heterocycles. The molecule has 0 aromatic heterocycles. The molecule has 0 bridgehead atoms. The first-order valence-electron chi connectivity index (χ1n) is 7.56. The largest absolute Gasteiger partial charge is 0.326 e. The van der Waals surface area contributed by atoms with E-state index in [1.54, 1.807) is 6.07 Å². The van der Waals surface area contributed by atoms with Crippen LogP contribution in [0.25, 0.3) is 0 Å². The Morgan fingerprint density at radius 1 is 1.05 bits per heavy atom. The number of hydrogen-bond acceptors (Lipinski definition) is 2. The molecule has 22 heavy (non-hydrogen) atoms. The molecule has 0 aliphatic carbocycles. The maximum atomic E-state index is 13.4. The lowest BCUT2D eigenvalue weighted by Gasteiger charge is -2.24. The van der Waals surface area contributed by atoms with E-state index < -0.39 is 11.6 Å². The summed E-state index contributed by atoms with van der Waals surface area (Å²) in [6, 6.07) is 14.4. The second-order valence-electron chi connectivity index (χ2n) is 5.98. The van der Waals surface area contributed by atoms with E-state index in [9.17, 15) is 8.78 Å². The van der Waals surface area contributed by atoms with Crippen molar-refractivity contribution in [3.63, 3.8) is 0 Å². The van der Waals surface area contributed by atoms with E-state index in [1.165, 1.54) is 17.7 Å². The summed E-state index contributed by atoms with van der Waals surface area (Å²) in [4.78, 5) is 2.23. The summed E-state index contributed by atoms with van der Waals surface area (Å²) >= 11 is 0. The minimum Gasteiger partial charge on any atom is -0.326 e. The molecule has 4 heteroatoms. The molecule has 116 valence electrons. The van der Waals surface area contributed by atoms with Gasteiger partial charge in [0.2, 0.25) is 0 Å². The van der Waals surface area contributed by atoms with Crippen LogP contribution in [-0.2, 0) is 0 Å². The van der Waals surface area contributed by atoms with Gasteiger partial charge in [-0.05, 0) is 30.2 Å². The van der Waals surface area contributed by atoms with Gasteiger partial charge in [-0.15, -0.1) is 0 Å². The lowest BCUT2D eigenvalue weighted by molar-refractivity contribution is 0.256. The lowest BCUT2D eigenvalue weighted by Crippen LogP contribution is -2.30. The van der Waals surface area contributed by atoms with Gasteiger partial charge in [0.05, 0.1) is 0 Å². The minimum absolute atomic E-state index is 0.00913. The number of nitrogens with two attached hydrogens (primary N) is 1. The van der Waals surface area contributed by atoms with Gasteiger partial charge in [-0.3, -0.25) is 4.90 Å². The number of likely N-dealkylation sites (tertiary alicyclic amines) is 1. The first-order valence-corrected chi connectivity index (χ1v) is 7.56. The molecule has 3 rings (SSSR count). The Bertz CT molecular complexity index is 645. The molecular formula is C18H20F2N2. The van der Waals surface area contributed by atoms with Crippen LogP contribution in [-0.4, -0.2) is 24.0 Å². The van der Waals surface area contributed by atoms with Crippen molar-refractivity contribution in [2.75, 3.05) is 13.1 Å². The standard InChI is InChI=1S/C18H20F2N2/c1-12(14-7-8-16(19)17(20)9-14)22-10-15(18(21)11-22)13-5-3-2-4-6-13/h2-9,12,15,18H,10-11,21H2,1H3/t12?,15-,18+/m0/s1. The average molecular weight is 302 g/mol. The van der Waals surface area contributed by atoms with Crippen LogP contribution in [0.3, 0.4) is 0 Å². The fourth-order valence-electron chi connectivity index (χ4n) is 3.21. The van der Waals surface area contributed by atoms with Crippen LogP contribution in [0.4, 0.5) is 8.78 Å². The molecule has 2 aromatic carbocycles. The molecule has 3 atom stereocenters. The zero-order valence-electron chi connectivity index (χ0n) is 12.5. The molecule has 0 saturated carbocycles. The van der Waals surface area contributed by atoms with Crippen LogP contribution in [0.2, 0.25) is 0 Å². The summed E-state index contributed by atoms with van der Waals surface area (Å²) in [7, 11) is 0. The van der Waals surface area contributed by atoms with E-state index in [1.807, 2.05) is 25.1 Å². The van der Waals surface area contributed by atoms with Gasteiger partial charge in [-0.1, -0.05) is 36.4 Å². The SMILES string of the molecule is CC(c1ccc(F)c(F)c1)N1C[C@@H](N)[C@H](c2ccccc2)C1. The molecule has 0 spiro atoms. The average Bonchev–Trinajstić information content (AvgIpc) is 2.92. The minimum atomic E-state index is -0.809. The second-order valence-corrected chi connectivity index (χ2v) is 5.98. The van der Waals surface area contributed by atoms with Crippen molar-refractivity contribution in [3.8, 4) is 0 Å². The number of hydrogen-bond donors (Lipinski definition) is 1. The maximum Gasteiger partial charge on any atom is 0.159 e. The first kappa shape index (κ1) is 15.1. The Hall–Kier alpha value is -1.78. The zero-order valence-corrected chi connectivity index (χ0v) is 12.5. The lowest BCUT2D eigenvalue weighted by atomic mass is 9.95. The van der Waals surface area contributed by atoms with Gasteiger partial charge in [-0.2, -0.15) is 0 Å². The predicted octanol–water partition coefficient (Wildman–Crippen LogP) is 3.45. The van der Waals surface area contributed by atoms with Crippen molar-refractivity contribution >= 4 is 0 Å². The van der Waals surface area contributed by atoms with E-state index in [0.717, 1.165) is 18.7 Å². The molecule has 1 fully saturated rings. The highest BCUT2D eigenvalue weighted by molar-refractivity contribution is 5.25. The van der Waals surface area contributed by atoms with Crippen LogP contribution in [0.15, 0.2) is 48.5 Å². The highest BCUT2D eigenvalue weighted by Gasteiger charge is 2.34. The van der Waals surface area contributed by atoms with Crippen molar-refractivity contribution in [1.82, 2.24) is 4.90 Å². The van der Waals surface area contributed by atoms with Crippen LogP contribution in [0, 0.1) is 11.6 Å². The molecule has 2 N–H and O–H groups in total. The molecule has 2 nitrogen and oxygen atoms in total. The smallest absolute Gasteiger partial charge is 0.159 e. The Morgan fingerprint density at radius 2 is 1.77 bits per heavy atom. The van der Waals surface area contributed by atoms with E-state index in [-0.39, 0.29) is 18.0 Å². The van der Waals surface area contributed by atoms with Gasteiger partial charge < -0.3 is 5.73 Å².